The van der Waals surface area contributed by atoms with Gasteiger partial charge in [-0.1, -0.05) is 25.5 Å². The largest absolute Gasteiger partial charge is 0.493 e. The molecule has 0 radical (unpaired) electrons. The first-order valence-corrected chi connectivity index (χ1v) is 9.96. The van der Waals surface area contributed by atoms with E-state index in [4.69, 9.17) is 4.74 Å². The standard InChI is InChI=1S/C22H26N4O2/c1-3-8-20-19-10-7-12-25(19)13-14-26(20)22(27)18-15-17(23-24-18)16-9-5-6-11-21(16)28-4-2/h5-7,9-12,15,20H,3-4,8,13-14H2,1-2H3,(H,23,24). The molecule has 1 unspecified atom stereocenters. The molecule has 28 heavy (non-hydrogen) atoms. The van der Waals surface area contributed by atoms with Crippen LogP contribution in [-0.4, -0.2) is 38.7 Å². The maximum absolute atomic E-state index is 13.3. The van der Waals surface area contributed by atoms with Crippen LogP contribution in [0.5, 0.6) is 5.75 Å². The molecule has 1 aliphatic rings. The molecular weight excluding hydrogens is 352 g/mol. The number of rotatable bonds is 6. The van der Waals surface area contributed by atoms with Gasteiger partial charge in [-0.2, -0.15) is 5.10 Å². The second-order valence-corrected chi connectivity index (χ2v) is 7.03. The van der Waals surface area contributed by atoms with Gasteiger partial charge in [0.25, 0.3) is 5.91 Å². The van der Waals surface area contributed by atoms with E-state index in [9.17, 15) is 4.79 Å². The van der Waals surface area contributed by atoms with Crippen molar-refractivity contribution in [3.8, 4) is 17.0 Å². The Labute approximate surface area is 165 Å². The van der Waals surface area contributed by atoms with Crippen LogP contribution in [0, 0.1) is 0 Å². The van der Waals surface area contributed by atoms with Crippen molar-refractivity contribution < 1.29 is 9.53 Å². The lowest BCUT2D eigenvalue weighted by molar-refractivity contribution is 0.0604. The molecule has 6 nitrogen and oxygen atoms in total. The summed E-state index contributed by atoms with van der Waals surface area (Å²) in [6.07, 6.45) is 4.07. The first-order valence-electron chi connectivity index (χ1n) is 9.96. The van der Waals surface area contributed by atoms with E-state index in [0.717, 1.165) is 36.4 Å². The van der Waals surface area contributed by atoms with Crippen molar-refractivity contribution in [2.45, 2.75) is 39.3 Å². The van der Waals surface area contributed by atoms with Crippen LogP contribution in [0.4, 0.5) is 0 Å². The molecule has 1 atom stereocenters. The van der Waals surface area contributed by atoms with Crippen LogP contribution < -0.4 is 4.74 Å². The summed E-state index contributed by atoms with van der Waals surface area (Å²) >= 11 is 0. The Morgan fingerprint density at radius 2 is 2.07 bits per heavy atom. The Morgan fingerprint density at radius 1 is 1.21 bits per heavy atom. The molecule has 146 valence electrons. The first kappa shape index (κ1) is 18.3. The lowest BCUT2D eigenvalue weighted by Gasteiger charge is -2.36. The molecule has 1 aromatic carbocycles. The summed E-state index contributed by atoms with van der Waals surface area (Å²) in [7, 11) is 0. The first-order chi connectivity index (χ1) is 13.7. The number of nitrogens with zero attached hydrogens (tertiary/aromatic N) is 3. The number of amides is 1. The molecule has 3 aromatic rings. The Kier molecular flexibility index (Phi) is 5.19. The number of H-pyrrole nitrogens is 1. The average molecular weight is 378 g/mol. The molecule has 2 aromatic heterocycles. The minimum atomic E-state index is -0.00135. The van der Waals surface area contributed by atoms with E-state index in [-0.39, 0.29) is 11.9 Å². The summed E-state index contributed by atoms with van der Waals surface area (Å²) in [5.41, 5.74) is 3.34. The molecule has 0 bridgehead atoms. The highest BCUT2D eigenvalue weighted by Crippen LogP contribution is 2.32. The average Bonchev–Trinajstić information content (AvgIpc) is 3.38. The zero-order valence-corrected chi connectivity index (χ0v) is 16.4. The number of hydrogen-bond donors (Lipinski definition) is 1. The number of nitrogens with one attached hydrogen (secondary N) is 1. The Morgan fingerprint density at radius 3 is 2.89 bits per heavy atom. The van der Waals surface area contributed by atoms with Crippen molar-refractivity contribution in [1.29, 1.82) is 0 Å². The summed E-state index contributed by atoms with van der Waals surface area (Å²) in [5.74, 6) is 0.772. The molecule has 0 spiro atoms. The molecule has 1 amide bonds. The number of fused-ring (bicyclic) bond motifs is 1. The summed E-state index contributed by atoms with van der Waals surface area (Å²) in [4.78, 5) is 15.3. The number of carbonyl (C=O) groups is 1. The summed E-state index contributed by atoms with van der Waals surface area (Å²) in [5, 5.41) is 7.34. The van der Waals surface area contributed by atoms with Crippen molar-refractivity contribution in [2.24, 2.45) is 0 Å². The summed E-state index contributed by atoms with van der Waals surface area (Å²) in [6, 6.07) is 13.9. The monoisotopic (exact) mass is 378 g/mol. The molecule has 0 aliphatic carbocycles. The second-order valence-electron chi connectivity index (χ2n) is 7.03. The minimum Gasteiger partial charge on any atom is -0.493 e. The van der Waals surface area contributed by atoms with Crippen molar-refractivity contribution >= 4 is 5.91 Å². The van der Waals surface area contributed by atoms with Crippen molar-refractivity contribution in [3.05, 3.63) is 60.0 Å². The van der Waals surface area contributed by atoms with Crippen LogP contribution in [0.3, 0.4) is 0 Å². The Bertz CT molecular complexity index is 959. The zero-order valence-electron chi connectivity index (χ0n) is 16.4. The van der Waals surface area contributed by atoms with E-state index >= 15 is 0 Å². The third-order valence-corrected chi connectivity index (χ3v) is 5.26. The molecule has 0 saturated carbocycles. The SMILES string of the molecule is CCCC1c2cccn2CCN1C(=O)c1cc(-c2ccccc2OCC)n[nH]1. The number of benzene rings is 1. The zero-order chi connectivity index (χ0) is 19.5. The Balaban J connectivity index is 1.61. The predicted molar refractivity (Wildman–Crippen MR) is 108 cm³/mol. The lowest BCUT2D eigenvalue weighted by Crippen LogP contribution is -2.42. The van der Waals surface area contributed by atoms with E-state index in [1.807, 2.05) is 42.2 Å². The van der Waals surface area contributed by atoms with Crippen molar-refractivity contribution in [1.82, 2.24) is 19.7 Å². The molecule has 3 heterocycles. The highest BCUT2D eigenvalue weighted by atomic mass is 16.5. The number of ether oxygens (including phenoxy) is 1. The van der Waals surface area contributed by atoms with Crippen molar-refractivity contribution in [2.75, 3.05) is 13.2 Å². The fraction of sp³-hybridized carbons (Fsp3) is 0.364. The molecule has 0 fully saturated rings. The molecule has 1 N–H and O–H groups in total. The molecular formula is C22H26N4O2. The molecule has 1 aliphatic heterocycles. The fourth-order valence-corrected chi connectivity index (χ4v) is 3.97. The van der Waals surface area contributed by atoms with Crippen LogP contribution in [0.15, 0.2) is 48.7 Å². The minimum absolute atomic E-state index is 0.00135. The van der Waals surface area contributed by atoms with E-state index in [1.54, 1.807) is 0 Å². The van der Waals surface area contributed by atoms with E-state index in [0.29, 0.717) is 18.8 Å². The lowest BCUT2D eigenvalue weighted by atomic mass is 10.0. The van der Waals surface area contributed by atoms with Gasteiger partial charge in [0.15, 0.2) is 0 Å². The van der Waals surface area contributed by atoms with Gasteiger partial charge in [-0.05, 0) is 43.7 Å². The van der Waals surface area contributed by atoms with E-state index in [2.05, 4.69) is 40.0 Å². The molecule has 4 rings (SSSR count). The summed E-state index contributed by atoms with van der Waals surface area (Å²) in [6.45, 7) is 6.22. The summed E-state index contributed by atoms with van der Waals surface area (Å²) < 4.78 is 7.96. The van der Waals surface area contributed by atoms with Gasteiger partial charge in [-0.3, -0.25) is 9.89 Å². The molecule has 0 saturated heterocycles. The maximum atomic E-state index is 13.3. The van der Waals surface area contributed by atoms with Gasteiger partial charge in [0, 0.05) is 30.5 Å². The topological polar surface area (TPSA) is 63.1 Å². The molecule has 6 heteroatoms. The smallest absolute Gasteiger partial charge is 0.272 e. The van der Waals surface area contributed by atoms with Crippen LogP contribution in [0.25, 0.3) is 11.3 Å². The van der Waals surface area contributed by atoms with Crippen molar-refractivity contribution in [3.63, 3.8) is 0 Å². The van der Waals surface area contributed by atoms with Gasteiger partial charge in [-0.25, -0.2) is 0 Å². The predicted octanol–water partition coefficient (Wildman–Crippen LogP) is 4.27. The van der Waals surface area contributed by atoms with Crippen LogP contribution in [-0.2, 0) is 6.54 Å². The number of hydrogen-bond acceptors (Lipinski definition) is 3. The Hall–Kier alpha value is -3.02. The van der Waals surface area contributed by atoms with Crippen LogP contribution in [0.2, 0.25) is 0 Å². The van der Waals surface area contributed by atoms with Gasteiger partial charge < -0.3 is 14.2 Å². The number of aromatic amines is 1. The van der Waals surface area contributed by atoms with Gasteiger partial charge in [-0.15, -0.1) is 0 Å². The van der Waals surface area contributed by atoms with Crippen LogP contribution in [0.1, 0.15) is 48.9 Å². The van der Waals surface area contributed by atoms with Crippen LogP contribution >= 0.6 is 0 Å². The second kappa shape index (κ2) is 7.92. The highest BCUT2D eigenvalue weighted by Gasteiger charge is 2.31. The van der Waals surface area contributed by atoms with Gasteiger partial charge in [0.2, 0.25) is 0 Å². The van der Waals surface area contributed by atoms with Gasteiger partial charge in [0.1, 0.15) is 11.4 Å². The van der Waals surface area contributed by atoms with E-state index in [1.165, 1.54) is 5.69 Å². The van der Waals surface area contributed by atoms with E-state index < -0.39 is 0 Å². The third-order valence-electron chi connectivity index (χ3n) is 5.26. The number of para-hydroxylation sites is 1. The highest BCUT2D eigenvalue weighted by molar-refractivity contribution is 5.94. The fourth-order valence-electron chi connectivity index (χ4n) is 3.97. The van der Waals surface area contributed by atoms with Gasteiger partial charge in [0.05, 0.1) is 18.3 Å². The maximum Gasteiger partial charge on any atom is 0.272 e. The quantitative estimate of drug-likeness (QED) is 0.696. The number of carbonyl (C=O) groups excluding carboxylic acids is 1. The third kappa shape index (κ3) is 3.30. The normalized spacial score (nSPS) is 16.1. The number of aromatic nitrogens is 3. The van der Waals surface area contributed by atoms with Gasteiger partial charge >= 0.3 is 0 Å².